The number of piperidine rings is 1. The Morgan fingerprint density at radius 1 is 1.09 bits per heavy atom. The molecule has 7 rings (SSSR count). The van der Waals surface area contributed by atoms with E-state index in [1.807, 2.05) is 30.2 Å². The third-order valence-electron chi connectivity index (χ3n) is 9.68. The van der Waals surface area contributed by atoms with Crippen LogP contribution in [0.1, 0.15) is 49.1 Å². The van der Waals surface area contributed by atoms with Crippen LogP contribution in [0.3, 0.4) is 0 Å². The van der Waals surface area contributed by atoms with Gasteiger partial charge in [-0.15, -0.1) is 0 Å². The number of pyridine rings is 2. The third kappa shape index (κ3) is 6.21. The number of carbonyl (C=O) groups is 1. The van der Waals surface area contributed by atoms with Gasteiger partial charge in [0, 0.05) is 74.4 Å². The molecule has 3 aliphatic heterocycles. The van der Waals surface area contributed by atoms with Gasteiger partial charge in [-0.2, -0.15) is 4.98 Å². The van der Waals surface area contributed by atoms with Gasteiger partial charge in [0.15, 0.2) is 0 Å². The van der Waals surface area contributed by atoms with Crippen molar-refractivity contribution in [2.45, 2.75) is 57.5 Å². The van der Waals surface area contributed by atoms with E-state index in [1.54, 1.807) is 12.3 Å². The van der Waals surface area contributed by atoms with E-state index in [-0.39, 0.29) is 18.0 Å². The Hall–Kier alpha value is -4.35. The number of aryl methyl sites for hydroxylation is 1. The fourth-order valence-electron chi connectivity index (χ4n) is 6.92. The van der Waals surface area contributed by atoms with Crippen molar-refractivity contribution in [1.82, 2.24) is 29.7 Å². The van der Waals surface area contributed by atoms with Gasteiger partial charge in [-0.05, 0) is 87.0 Å². The highest BCUT2D eigenvalue weighted by Crippen LogP contribution is 2.29. The normalized spacial score (nSPS) is 19.9. The van der Waals surface area contributed by atoms with E-state index in [0.29, 0.717) is 59.9 Å². The number of carbonyl (C=O) groups excluding carboxylic acids is 1. The number of nitrogens with zero attached hydrogens (tertiary/aromatic N) is 6. The van der Waals surface area contributed by atoms with E-state index in [2.05, 4.69) is 45.8 Å². The van der Waals surface area contributed by atoms with Crippen molar-refractivity contribution in [2.75, 3.05) is 56.7 Å². The third-order valence-corrected chi connectivity index (χ3v) is 9.68. The van der Waals surface area contributed by atoms with Crippen LogP contribution in [0.15, 0.2) is 53.6 Å². The number of likely N-dealkylation sites (tertiary alicyclic amines) is 1. The van der Waals surface area contributed by atoms with Crippen LogP contribution in [-0.4, -0.2) is 82.8 Å². The second kappa shape index (κ2) is 13.2. The summed E-state index contributed by atoms with van der Waals surface area (Å²) < 4.78 is 7.07. The van der Waals surface area contributed by atoms with E-state index >= 15 is 0 Å². The Kier molecular flexibility index (Phi) is 8.68. The molecule has 1 amide bonds. The first kappa shape index (κ1) is 30.3. The lowest BCUT2D eigenvalue weighted by Crippen LogP contribution is -2.44. The topological polar surface area (TPSA) is 118 Å². The lowest BCUT2D eigenvalue weighted by atomic mass is 9.97. The average molecular weight is 623 g/mol. The number of nitrogens with one attached hydrogen (secondary N) is 2. The molecule has 11 heteroatoms. The van der Waals surface area contributed by atoms with E-state index in [1.165, 1.54) is 17.4 Å². The first-order chi connectivity index (χ1) is 22.4. The summed E-state index contributed by atoms with van der Waals surface area (Å²) >= 11 is 0. The summed E-state index contributed by atoms with van der Waals surface area (Å²) in [5.74, 6) is 0.592. The SMILES string of the molecule is Cc1cc(C2CCOC2)cnc1-c1cc2cnc(Nc3ccc(N(C)C4CCCNC4)cc3)nc2n(CC(=O)N2CCCC2)c1=O. The number of rotatable bonds is 8. The van der Waals surface area contributed by atoms with Crippen LogP contribution < -0.4 is 21.1 Å². The molecule has 0 aliphatic carbocycles. The number of aromatic nitrogens is 4. The average Bonchev–Trinajstić information content (AvgIpc) is 3.83. The molecule has 2 atom stereocenters. The van der Waals surface area contributed by atoms with Crippen LogP contribution in [0.5, 0.6) is 0 Å². The van der Waals surface area contributed by atoms with Crippen molar-refractivity contribution < 1.29 is 9.53 Å². The predicted octanol–water partition coefficient (Wildman–Crippen LogP) is 4.22. The highest BCUT2D eigenvalue weighted by atomic mass is 16.5. The van der Waals surface area contributed by atoms with Crippen molar-refractivity contribution in [3.63, 3.8) is 0 Å². The number of ether oxygens (including phenoxy) is 1. The molecule has 3 fully saturated rings. The quantitative estimate of drug-likeness (QED) is 0.298. The lowest BCUT2D eigenvalue weighted by molar-refractivity contribution is -0.130. The molecule has 2 N–H and O–H groups in total. The Morgan fingerprint density at radius 3 is 2.63 bits per heavy atom. The highest BCUT2D eigenvalue weighted by molar-refractivity contribution is 5.84. The van der Waals surface area contributed by atoms with Crippen LogP contribution >= 0.6 is 0 Å². The number of hydrogen-bond donors (Lipinski definition) is 2. The summed E-state index contributed by atoms with van der Waals surface area (Å²) in [6, 6.07) is 12.6. The van der Waals surface area contributed by atoms with Gasteiger partial charge in [0.2, 0.25) is 11.9 Å². The monoisotopic (exact) mass is 622 g/mol. The molecule has 3 saturated heterocycles. The van der Waals surface area contributed by atoms with E-state index in [0.717, 1.165) is 61.5 Å². The molecule has 240 valence electrons. The first-order valence-electron chi connectivity index (χ1n) is 16.5. The van der Waals surface area contributed by atoms with Gasteiger partial charge in [-0.25, -0.2) is 4.98 Å². The Labute approximate surface area is 269 Å². The van der Waals surface area contributed by atoms with E-state index in [4.69, 9.17) is 14.7 Å². The Balaban J connectivity index is 1.21. The second-order valence-electron chi connectivity index (χ2n) is 12.8. The summed E-state index contributed by atoms with van der Waals surface area (Å²) in [5, 5.41) is 7.45. The number of anilines is 3. The molecule has 2 unspecified atom stereocenters. The molecule has 46 heavy (non-hydrogen) atoms. The van der Waals surface area contributed by atoms with Crippen molar-refractivity contribution in [3.8, 4) is 11.3 Å². The smallest absolute Gasteiger partial charge is 0.262 e. The minimum atomic E-state index is -0.290. The summed E-state index contributed by atoms with van der Waals surface area (Å²) in [6.07, 6.45) is 8.84. The zero-order valence-electron chi connectivity index (χ0n) is 26.7. The second-order valence-corrected chi connectivity index (χ2v) is 12.8. The van der Waals surface area contributed by atoms with E-state index < -0.39 is 0 Å². The van der Waals surface area contributed by atoms with Gasteiger partial charge >= 0.3 is 0 Å². The van der Waals surface area contributed by atoms with Crippen molar-refractivity contribution in [2.24, 2.45) is 0 Å². The highest BCUT2D eigenvalue weighted by Gasteiger charge is 2.24. The van der Waals surface area contributed by atoms with Crippen molar-refractivity contribution in [3.05, 3.63) is 70.3 Å². The molecule has 0 saturated carbocycles. The molecule has 3 aromatic heterocycles. The van der Waals surface area contributed by atoms with E-state index in [9.17, 15) is 9.59 Å². The minimum absolute atomic E-state index is 0.0830. The number of amides is 1. The lowest BCUT2D eigenvalue weighted by Gasteiger charge is -2.33. The molecule has 0 spiro atoms. The standard InChI is InChI=1S/C35H42N8O3/c1-23-16-25(24-11-15-46-22-24)18-37-32(23)30-17-26-19-38-35(40-33(26)43(34(30)45)21-31(44)42-13-3-4-14-42)39-27-7-9-28(10-8-27)41(2)29-6-5-12-36-20-29/h7-10,16-19,24,29,36H,3-6,11-15,20-22H2,1-2H3,(H,38,39,40). The molecule has 0 radical (unpaired) electrons. The molecule has 3 aliphatic rings. The maximum Gasteiger partial charge on any atom is 0.262 e. The molecule has 4 aromatic rings. The molecular formula is C35H42N8O3. The Bertz CT molecular complexity index is 1770. The molecule has 6 heterocycles. The van der Waals surface area contributed by atoms with Gasteiger partial charge in [0.1, 0.15) is 12.2 Å². The van der Waals surface area contributed by atoms with Crippen LogP contribution in [0.2, 0.25) is 0 Å². The number of hydrogen-bond acceptors (Lipinski definition) is 9. The van der Waals surface area contributed by atoms with Crippen molar-refractivity contribution in [1.29, 1.82) is 0 Å². The molecule has 11 nitrogen and oxygen atoms in total. The number of fused-ring (bicyclic) bond motifs is 1. The van der Waals surface area contributed by atoms with Crippen LogP contribution in [0, 0.1) is 6.92 Å². The molecular weight excluding hydrogens is 580 g/mol. The maximum atomic E-state index is 14.2. The first-order valence-corrected chi connectivity index (χ1v) is 16.5. The number of benzene rings is 1. The zero-order chi connectivity index (χ0) is 31.6. The minimum Gasteiger partial charge on any atom is -0.381 e. The zero-order valence-corrected chi connectivity index (χ0v) is 26.7. The molecule has 0 bridgehead atoms. The molecule has 1 aromatic carbocycles. The fourth-order valence-corrected chi connectivity index (χ4v) is 6.92. The Morgan fingerprint density at radius 2 is 1.91 bits per heavy atom. The predicted molar refractivity (Wildman–Crippen MR) is 180 cm³/mol. The van der Waals surface area contributed by atoms with Gasteiger partial charge in [-0.3, -0.25) is 19.1 Å². The number of likely N-dealkylation sites (N-methyl/N-ethyl adjacent to an activating group) is 1. The largest absolute Gasteiger partial charge is 0.381 e. The van der Waals surface area contributed by atoms with Gasteiger partial charge in [-0.1, -0.05) is 6.07 Å². The summed E-state index contributed by atoms with van der Waals surface area (Å²) in [6.45, 7) is 6.82. The van der Waals surface area contributed by atoms with Crippen LogP contribution in [-0.2, 0) is 16.1 Å². The van der Waals surface area contributed by atoms with Gasteiger partial charge in [0.05, 0.1) is 17.9 Å². The van der Waals surface area contributed by atoms with Crippen LogP contribution in [0.4, 0.5) is 17.3 Å². The fraction of sp³-hybridized carbons (Fsp3) is 0.457. The maximum absolute atomic E-state index is 14.2. The summed E-state index contributed by atoms with van der Waals surface area (Å²) in [4.78, 5) is 45.8. The summed E-state index contributed by atoms with van der Waals surface area (Å²) in [7, 11) is 2.14. The van der Waals surface area contributed by atoms with Crippen molar-refractivity contribution >= 4 is 34.3 Å². The van der Waals surface area contributed by atoms with Gasteiger partial charge in [0.25, 0.3) is 5.56 Å². The van der Waals surface area contributed by atoms with Crippen LogP contribution in [0.25, 0.3) is 22.3 Å². The summed E-state index contributed by atoms with van der Waals surface area (Å²) in [5.41, 5.74) is 5.18. The van der Waals surface area contributed by atoms with Gasteiger partial charge < -0.3 is 25.2 Å².